The van der Waals surface area contributed by atoms with E-state index >= 15 is 0 Å². The van der Waals surface area contributed by atoms with Crippen molar-refractivity contribution in [1.82, 2.24) is 0 Å². The van der Waals surface area contributed by atoms with E-state index in [0.29, 0.717) is 0 Å². The SMILES string of the molecule is O=S(=O)(OC(F)F)C(F)(F)C(F)(F)C(F)(F)F. The average Bonchev–Trinajstić information content (AvgIpc) is 1.98. The van der Waals surface area contributed by atoms with E-state index < -0.39 is 34.1 Å². The van der Waals surface area contributed by atoms with Crippen LogP contribution in [0.4, 0.5) is 39.5 Å². The zero-order chi connectivity index (χ0) is 14.3. The van der Waals surface area contributed by atoms with Crippen LogP contribution < -0.4 is 0 Å². The summed E-state index contributed by atoms with van der Waals surface area (Å²) in [5, 5.41) is -6.88. The summed E-state index contributed by atoms with van der Waals surface area (Å²) in [6, 6.07) is 0. The molecular formula is C4HF9O3S. The van der Waals surface area contributed by atoms with E-state index in [1.807, 2.05) is 0 Å². The van der Waals surface area contributed by atoms with Crippen molar-refractivity contribution < 1.29 is 52.1 Å². The first-order valence-corrected chi connectivity index (χ1v) is 4.61. The zero-order valence-corrected chi connectivity index (χ0v) is 7.93. The highest BCUT2D eigenvalue weighted by Crippen LogP contribution is 2.49. The van der Waals surface area contributed by atoms with Crippen LogP contribution in [0.15, 0.2) is 0 Å². The minimum Gasteiger partial charge on any atom is -0.198 e. The molecule has 0 atom stereocenters. The van der Waals surface area contributed by atoms with Gasteiger partial charge in [-0.2, -0.15) is 52.1 Å². The van der Waals surface area contributed by atoms with E-state index in [1.54, 1.807) is 0 Å². The molecule has 0 aliphatic rings. The molecule has 0 saturated heterocycles. The van der Waals surface area contributed by atoms with Crippen LogP contribution in [-0.4, -0.2) is 32.4 Å². The molecule has 0 heterocycles. The Balaban J connectivity index is 5.57. The summed E-state index contributed by atoms with van der Waals surface area (Å²) in [7, 11) is -7.15. The largest absolute Gasteiger partial charge is 0.461 e. The molecule has 0 N–H and O–H groups in total. The van der Waals surface area contributed by atoms with Gasteiger partial charge in [0.15, 0.2) is 0 Å². The fourth-order valence-corrected chi connectivity index (χ4v) is 1.22. The number of alkyl halides is 9. The van der Waals surface area contributed by atoms with Gasteiger partial charge < -0.3 is 0 Å². The lowest BCUT2D eigenvalue weighted by Gasteiger charge is -2.26. The second kappa shape index (κ2) is 4.19. The van der Waals surface area contributed by atoms with Crippen LogP contribution >= 0.6 is 0 Å². The fourth-order valence-electron chi connectivity index (χ4n) is 0.478. The van der Waals surface area contributed by atoms with Crippen LogP contribution in [0.25, 0.3) is 0 Å². The lowest BCUT2D eigenvalue weighted by Crippen LogP contribution is -2.56. The molecular weight excluding hydrogens is 299 g/mol. The molecule has 104 valence electrons. The van der Waals surface area contributed by atoms with Gasteiger partial charge in [-0.1, -0.05) is 0 Å². The Bertz CT molecular complexity index is 368. The van der Waals surface area contributed by atoms with Crippen LogP contribution in [0.3, 0.4) is 0 Å². The molecule has 0 aliphatic carbocycles. The standard InChI is InChI=1S/C4HF9O3S/c5-1(6)16-17(14,15)4(12,13)2(7,8)3(9,10)11/h1H. The Morgan fingerprint density at radius 3 is 1.47 bits per heavy atom. The van der Waals surface area contributed by atoms with Crippen molar-refractivity contribution in [3.05, 3.63) is 0 Å². The van der Waals surface area contributed by atoms with E-state index in [4.69, 9.17) is 0 Å². The molecule has 0 radical (unpaired) electrons. The fraction of sp³-hybridized carbons (Fsp3) is 1.00. The van der Waals surface area contributed by atoms with Gasteiger partial charge in [0.05, 0.1) is 0 Å². The van der Waals surface area contributed by atoms with E-state index in [1.165, 1.54) is 0 Å². The van der Waals surface area contributed by atoms with Gasteiger partial charge in [0.25, 0.3) is 0 Å². The maximum atomic E-state index is 12.3. The minimum absolute atomic E-state index is 2.09. The van der Waals surface area contributed by atoms with Gasteiger partial charge in [-0.25, -0.2) is 0 Å². The maximum absolute atomic E-state index is 12.3. The van der Waals surface area contributed by atoms with Crippen molar-refractivity contribution in [2.45, 2.75) is 24.0 Å². The van der Waals surface area contributed by atoms with E-state index in [2.05, 4.69) is 4.18 Å². The third-order valence-electron chi connectivity index (χ3n) is 1.23. The first-order valence-electron chi connectivity index (χ1n) is 3.20. The third-order valence-corrected chi connectivity index (χ3v) is 2.52. The second-order valence-corrected chi connectivity index (χ2v) is 4.01. The molecule has 0 aromatic rings. The van der Waals surface area contributed by atoms with E-state index in [9.17, 15) is 47.9 Å². The summed E-state index contributed by atoms with van der Waals surface area (Å²) in [4.78, 5) is 0. The number of rotatable bonds is 4. The molecule has 0 saturated carbocycles. The summed E-state index contributed by atoms with van der Waals surface area (Å²) < 4.78 is 128. The first kappa shape index (κ1) is 16.3. The minimum atomic E-state index is -7.15. The van der Waals surface area contributed by atoms with E-state index in [0.717, 1.165) is 0 Å². The lowest BCUT2D eigenvalue weighted by molar-refractivity contribution is -0.334. The quantitative estimate of drug-likeness (QED) is 0.591. The Morgan fingerprint density at radius 2 is 1.24 bits per heavy atom. The molecule has 0 aromatic carbocycles. The van der Waals surface area contributed by atoms with Gasteiger partial charge in [-0.15, -0.1) is 0 Å². The Morgan fingerprint density at radius 1 is 0.882 bits per heavy atom. The van der Waals surface area contributed by atoms with Crippen LogP contribution in [0, 0.1) is 0 Å². The zero-order valence-electron chi connectivity index (χ0n) is 7.11. The number of hydrogen-bond acceptors (Lipinski definition) is 3. The molecule has 0 rings (SSSR count). The Hall–Kier alpha value is -0.720. The molecule has 0 amide bonds. The highest BCUT2D eigenvalue weighted by Gasteiger charge is 2.79. The van der Waals surface area contributed by atoms with Crippen molar-refractivity contribution in [2.75, 3.05) is 0 Å². The van der Waals surface area contributed by atoms with Gasteiger partial charge >= 0.3 is 34.1 Å². The van der Waals surface area contributed by atoms with Crippen LogP contribution in [-0.2, 0) is 14.3 Å². The summed E-state index contributed by atoms with van der Waals surface area (Å²) >= 11 is 0. The predicted molar refractivity (Wildman–Crippen MR) is 32.0 cm³/mol. The number of halogens is 9. The molecule has 0 bridgehead atoms. The Kier molecular flexibility index (Phi) is 4.01. The lowest BCUT2D eigenvalue weighted by atomic mass is 10.3. The molecule has 17 heavy (non-hydrogen) atoms. The highest BCUT2D eigenvalue weighted by molar-refractivity contribution is 7.87. The first-order chi connectivity index (χ1) is 7.17. The van der Waals surface area contributed by atoms with Gasteiger partial charge in [0.1, 0.15) is 0 Å². The monoisotopic (exact) mass is 300 g/mol. The van der Waals surface area contributed by atoms with Crippen molar-refractivity contribution in [2.24, 2.45) is 0 Å². The predicted octanol–water partition coefficient (Wildman–Crippen LogP) is 2.35. The van der Waals surface area contributed by atoms with Gasteiger partial charge in [-0.3, -0.25) is 0 Å². The molecule has 0 spiro atoms. The number of hydrogen-bond donors (Lipinski definition) is 0. The van der Waals surface area contributed by atoms with Crippen molar-refractivity contribution in [1.29, 1.82) is 0 Å². The van der Waals surface area contributed by atoms with Crippen LogP contribution in [0.2, 0.25) is 0 Å². The normalized spacial score (nSPS) is 15.4. The third kappa shape index (κ3) is 2.75. The van der Waals surface area contributed by atoms with Crippen LogP contribution in [0.1, 0.15) is 0 Å². The molecule has 0 aliphatic heterocycles. The second-order valence-electron chi connectivity index (χ2n) is 2.40. The van der Waals surface area contributed by atoms with Crippen molar-refractivity contribution in [3.63, 3.8) is 0 Å². The summed E-state index contributed by atoms with van der Waals surface area (Å²) in [5.74, 6) is -7.08. The smallest absolute Gasteiger partial charge is 0.198 e. The van der Waals surface area contributed by atoms with Gasteiger partial charge in [0.2, 0.25) is 0 Å². The van der Waals surface area contributed by atoms with Crippen molar-refractivity contribution >= 4 is 10.1 Å². The highest BCUT2D eigenvalue weighted by atomic mass is 32.2. The molecule has 0 fully saturated rings. The molecule has 0 unspecified atom stereocenters. The Labute approximate surface area is 87.3 Å². The summed E-state index contributed by atoms with van der Waals surface area (Å²) in [6.45, 7) is -4.50. The van der Waals surface area contributed by atoms with Gasteiger partial charge in [-0.05, 0) is 0 Å². The van der Waals surface area contributed by atoms with Crippen molar-refractivity contribution in [3.8, 4) is 0 Å². The average molecular weight is 300 g/mol. The van der Waals surface area contributed by atoms with Gasteiger partial charge in [0, 0.05) is 0 Å². The summed E-state index contributed by atoms with van der Waals surface area (Å²) in [5.41, 5.74) is 0. The summed E-state index contributed by atoms with van der Waals surface area (Å²) in [6.07, 6.45) is -6.96. The van der Waals surface area contributed by atoms with Crippen LogP contribution in [0.5, 0.6) is 0 Å². The maximum Gasteiger partial charge on any atom is 0.461 e. The molecule has 13 heteroatoms. The molecule has 3 nitrogen and oxygen atoms in total. The molecule has 0 aromatic heterocycles. The topological polar surface area (TPSA) is 43.4 Å². The van der Waals surface area contributed by atoms with E-state index in [-0.39, 0.29) is 0 Å².